The van der Waals surface area contributed by atoms with Gasteiger partial charge in [0, 0.05) is 12.6 Å². The second kappa shape index (κ2) is 7.49. The van der Waals surface area contributed by atoms with Crippen LogP contribution in [0.5, 0.6) is 0 Å². The van der Waals surface area contributed by atoms with Gasteiger partial charge in [0.2, 0.25) is 0 Å². The van der Waals surface area contributed by atoms with Gasteiger partial charge in [-0.15, -0.1) is 0 Å². The van der Waals surface area contributed by atoms with Crippen molar-refractivity contribution in [3.05, 3.63) is 33.8 Å². The van der Waals surface area contributed by atoms with E-state index in [0.29, 0.717) is 16.1 Å². The zero-order chi connectivity index (χ0) is 13.7. The molecule has 0 amide bonds. The van der Waals surface area contributed by atoms with E-state index in [1.165, 1.54) is 44.5 Å². The van der Waals surface area contributed by atoms with Crippen molar-refractivity contribution in [2.24, 2.45) is 0 Å². The molecule has 1 aliphatic rings. The number of benzene rings is 1. The maximum Gasteiger partial charge on any atom is 0.0595 e. The van der Waals surface area contributed by atoms with Gasteiger partial charge in [0.25, 0.3) is 0 Å². The minimum absolute atomic E-state index is 0.623. The van der Waals surface area contributed by atoms with E-state index < -0.39 is 0 Å². The Bertz CT molecular complexity index is 401. The zero-order valence-corrected chi connectivity index (χ0v) is 13.0. The molecule has 0 saturated carbocycles. The van der Waals surface area contributed by atoms with Crippen molar-refractivity contribution < 1.29 is 0 Å². The Labute approximate surface area is 126 Å². The first kappa shape index (κ1) is 15.1. The van der Waals surface area contributed by atoms with Gasteiger partial charge >= 0.3 is 0 Å². The lowest BCUT2D eigenvalue weighted by Crippen LogP contribution is -2.42. The molecule has 106 valence electrons. The summed E-state index contributed by atoms with van der Waals surface area (Å²) in [6.45, 7) is 6.78. The summed E-state index contributed by atoms with van der Waals surface area (Å²) in [4.78, 5) is 2.55. The summed E-state index contributed by atoms with van der Waals surface area (Å²) in [5, 5.41) is 4.88. The van der Waals surface area contributed by atoms with Gasteiger partial charge in [-0.1, -0.05) is 36.2 Å². The standard InChI is InChI=1S/C15H22Cl2N2/c1-2-7-19-8-5-13(6-9-19)18-11-12-3-4-14(16)15(17)10-12/h3-4,10,13,18H,2,5-9,11H2,1H3. The number of nitrogens with zero attached hydrogens (tertiary/aromatic N) is 1. The Kier molecular flexibility index (Phi) is 5.96. The molecule has 1 heterocycles. The molecule has 2 rings (SSSR count). The Morgan fingerprint density at radius 2 is 1.95 bits per heavy atom. The molecule has 1 aromatic carbocycles. The molecule has 1 N–H and O–H groups in total. The molecule has 0 unspecified atom stereocenters. The SMILES string of the molecule is CCCN1CCC(NCc2ccc(Cl)c(Cl)c2)CC1. The molecule has 0 aromatic heterocycles. The highest BCUT2D eigenvalue weighted by Crippen LogP contribution is 2.22. The highest BCUT2D eigenvalue weighted by Gasteiger charge is 2.17. The first-order chi connectivity index (χ1) is 9.19. The fourth-order valence-corrected chi connectivity index (χ4v) is 2.91. The lowest BCUT2D eigenvalue weighted by atomic mass is 10.0. The van der Waals surface area contributed by atoms with Crippen molar-refractivity contribution in [1.82, 2.24) is 10.2 Å². The van der Waals surface area contributed by atoms with E-state index in [0.717, 1.165) is 6.54 Å². The summed E-state index contributed by atoms with van der Waals surface area (Å²) in [6.07, 6.45) is 3.73. The molecule has 0 atom stereocenters. The number of piperidine rings is 1. The summed E-state index contributed by atoms with van der Waals surface area (Å²) in [5.41, 5.74) is 1.20. The molecule has 0 radical (unpaired) electrons. The topological polar surface area (TPSA) is 15.3 Å². The largest absolute Gasteiger partial charge is 0.310 e. The average molecular weight is 301 g/mol. The molecule has 0 bridgehead atoms. The average Bonchev–Trinajstić information content (AvgIpc) is 2.42. The minimum atomic E-state index is 0.623. The van der Waals surface area contributed by atoms with Crippen molar-refractivity contribution >= 4 is 23.2 Å². The second-order valence-electron chi connectivity index (χ2n) is 5.25. The predicted molar refractivity (Wildman–Crippen MR) is 83.1 cm³/mol. The highest BCUT2D eigenvalue weighted by atomic mass is 35.5. The number of rotatable bonds is 5. The van der Waals surface area contributed by atoms with Crippen LogP contribution < -0.4 is 5.32 Å². The van der Waals surface area contributed by atoms with Crippen molar-refractivity contribution in [1.29, 1.82) is 0 Å². The van der Waals surface area contributed by atoms with E-state index in [9.17, 15) is 0 Å². The van der Waals surface area contributed by atoms with Gasteiger partial charge in [-0.05, 0) is 56.6 Å². The van der Waals surface area contributed by atoms with Gasteiger partial charge in [0.1, 0.15) is 0 Å². The van der Waals surface area contributed by atoms with Crippen molar-refractivity contribution in [2.75, 3.05) is 19.6 Å². The quantitative estimate of drug-likeness (QED) is 0.885. The zero-order valence-electron chi connectivity index (χ0n) is 11.5. The van der Waals surface area contributed by atoms with E-state index in [1.807, 2.05) is 18.2 Å². The van der Waals surface area contributed by atoms with Crippen LogP contribution in [-0.4, -0.2) is 30.6 Å². The normalized spacial score (nSPS) is 17.8. The van der Waals surface area contributed by atoms with Crippen LogP contribution in [0.2, 0.25) is 10.0 Å². The number of likely N-dealkylation sites (tertiary alicyclic amines) is 1. The monoisotopic (exact) mass is 300 g/mol. The Morgan fingerprint density at radius 1 is 1.21 bits per heavy atom. The second-order valence-corrected chi connectivity index (χ2v) is 6.06. The summed E-state index contributed by atoms with van der Waals surface area (Å²) in [6, 6.07) is 6.48. The van der Waals surface area contributed by atoms with Gasteiger partial charge in [0.05, 0.1) is 10.0 Å². The third-order valence-corrected chi connectivity index (χ3v) is 4.45. The van der Waals surface area contributed by atoms with Gasteiger partial charge < -0.3 is 10.2 Å². The van der Waals surface area contributed by atoms with Crippen LogP contribution >= 0.6 is 23.2 Å². The maximum atomic E-state index is 6.02. The van der Waals surface area contributed by atoms with Gasteiger partial charge in [-0.3, -0.25) is 0 Å². The van der Waals surface area contributed by atoms with E-state index in [-0.39, 0.29) is 0 Å². The van der Waals surface area contributed by atoms with E-state index in [4.69, 9.17) is 23.2 Å². The van der Waals surface area contributed by atoms with Crippen LogP contribution in [0.15, 0.2) is 18.2 Å². The van der Waals surface area contributed by atoms with Crippen LogP contribution in [0.3, 0.4) is 0 Å². The summed E-state index contributed by atoms with van der Waals surface area (Å²) >= 11 is 11.9. The van der Waals surface area contributed by atoms with E-state index >= 15 is 0 Å². The van der Waals surface area contributed by atoms with E-state index in [1.54, 1.807) is 0 Å². The van der Waals surface area contributed by atoms with E-state index in [2.05, 4.69) is 17.1 Å². The maximum absolute atomic E-state index is 6.02. The van der Waals surface area contributed by atoms with Crippen molar-refractivity contribution in [3.63, 3.8) is 0 Å². The van der Waals surface area contributed by atoms with Crippen molar-refractivity contribution in [3.8, 4) is 0 Å². The van der Waals surface area contributed by atoms with Crippen LogP contribution in [0, 0.1) is 0 Å². The fraction of sp³-hybridized carbons (Fsp3) is 0.600. The van der Waals surface area contributed by atoms with Crippen LogP contribution in [0.4, 0.5) is 0 Å². The number of halogens is 2. The Morgan fingerprint density at radius 3 is 2.58 bits per heavy atom. The fourth-order valence-electron chi connectivity index (χ4n) is 2.59. The third-order valence-electron chi connectivity index (χ3n) is 3.71. The first-order valence-electron chi connectivity index (χ1n) is 7.08. The summed E-state index contributed by atoms with van der Waals surface area (Å²) in [7, 11) is 0. The van der Waals surface area contributed by atoms with Crippen LogP contribution in [-0.2, 0) is 6.54 Å². The number of hydrogen-bond acceptors (Lipinski definition) is 2. The van der Waals surface area contributed by atoms with Gasteiger partial charge in [-0.25, -0.2) is 0 Å². The van der Waals surface area contributed by atoms with Crippen molar-refractivity contribution in [2.45, 2.75) is 38.8 Å². The number of hydrogen-bond donors (Lipinski definition) is 1. The lowest BCUT2D eigenvalue weighted by Gasteiger charge is -2.32. The highest BCUT2D eigenvalue weighted by molar-refractivity contribution is 6.42. The molecule has 1 aromatic rings. The molecule has 4 heteroatoms. The van der Waals surface area contributed by atoms with Crippen LogP contribution in [0.25, 0.3) is 0 Å². The minimum Gasteiger partial charge on any atom is -0.310 e. The molecule has 0 spiro atoms. The predicted octanol–water partition coefficient (Wildman–Crippen LogP) is 3.96. The third kappa shape index (κ3) is 4.64. The van der Waals surface area contributed by atoms with Gasteiger partial charge in [0.15, 0.2) is 0 Å². The Balaban J connectivity index is 1.75. The molecule has 1 saturated heterocycles. The summed E-state index contributed by atoms with van der Waals surface area (Å²) in [5.74, 6) is 0. The molecular weight excluding hydrogens is 279 g/mol. The smallest absolute Gasteiger partial charge is 0.0595 e. The molecule has 0 aliphatic carbocycles. The number of nitrogens with one attached hydrogen (secondary N) is 1. The van der Waals surface area contributed by atoms with Crippen LogP contribution in [0.1, 0.15) is 31.7 Å². The molecule has 19 heavy (non-hydrogen) atoms. The first-order valence-corrected chi connectivity index (χ1v) is 7.84. The molecule has 2 nitrogen and oxygen atoms in total. The Hall–Kier alpha value is -0.280. The molecule has 1 aliphatic heterocycles. The lowest BCUT2D eigenvalue weighted by molar-refractivity contribution is 0.197. The molecule has 1 fully saturated rings. The van der Waals surface area contributed by atoms with Gasteiger partial charge in [-0.2, -0.15) is 0 Å². The molecular formula is C15H22Cl2N2. The summed E-state index contributed by atoms with van der Waals surface area (Å²) < 4.78 is 0.